The lowest BCUT2D eigenvalue weighted by Crippen LogP contribution is -2.14. The molecule has 8 nitrogen and oxygen atoms in total. The van der Waals surface area contributed by atoms with Gasteiger partial charge in [0.05, 0.1) is 16.7 Å². The van der Waals surface area contributed by atoms with Crippen molar-refractivity contribution >= 4 is 17.9 Å². The summed E-state index contributed by atoms with van der Waals surface area (Å²) in [6, 6.07) is 34.2. The van der Waals surface area contributed by atoms with Crippen LogP contribution in [0.1, 0.15) is 36.6 Å². The van der Waals surface area contributed by atoms with Gasteiger partial charge in [-0.05, 0) is 76.3 Å². The average molecular weight is 561 g/mol. The molecule has 5 rings (SSSR count). The van der Waals surface area contributed by atoms with Crippen molar-refractivity contribution in [2.75, 3.05) is 0 Å². The molecular weight excluding hydrogens is 536 g/mol. The highest BCUT2D eigenvalue weighted by atomic mass is 17.2. The number of aromatic carboxylic acids is 2. The SMILES string of the molecule is O=C(O)c1ccc(-c2ccccc2)cc1COOc1ccc(OC(=O)c2cc(-c3ccccc3)ccc2C(=O)O)cc1. The van der Waals surface area contributed by atoms with Crippen molar-refractivity contribution in [1.29, 1.82) is 0 Å². The number of ether oxygens (including phenoxy) is 1. The third-order valence-corrected chi connectivity index (χ3v) is 6.42. The second-order valence-electron chi connectivity index (χ2n) is 9.18. The summed E-state index contributed by atoms with van der Waals surface area (Å²) < 4.78 is 5.44. The number of esters is 1. The van der Waals surface area contributed by atoms with E-state index in [9.17, 15) is 24.6 Å². The molecule has 0 radical (unpaired) electrons. The first kappa shape index (κ1) is 27.8. The lowest BCUT2D eigenvalue weighted by Gasteiger charge is -2.11. The summed E-state index contributed by atoms with van der Waals surface area (Å²) >= 11 is 0. The smallest absolute Gasteiger partial charge is 0.344 e. The van der Waals surface area contributed by atoms with E-state index in [4.69, 9.17) is 14.5 Å². The van der Waals surface area contributed by atoms with Gasteiger partial charge < -0.3 is 19.8 Å². The molecule has 0 saturated carbocycles. The van der Waals surface area contributed by atoms with Crippen LogP contribution in [0.3, 0.4) is 0 Å². The van der Waals surface area contributed by atoms with Crippen LogP contribution >= 0.6 is 0 Å². The van der Waals surface area contributed by atoms with Crippen LogP contribution in [0.5, 0.6) is 11.5 Å². The molecule has 5 aromatic carbocycles. The number of carbonyl (C=O) groups excluding carboxylic acids is 1. The zero-order valence-corrected chi connectivity index (χ0v) is 22.1. The number of carbonyl (C=O) groups is 3. The maximum absolute atomic E-state index is 13.0. The zero-order chi connectivity index (χ0) is 29.5. The molecule has 0 aromatic heterocycles. The molecule has 0 aliphatic heterocycles. The highest BCUT2D eigenvalue weighted by Gasteiger charge is 2.20. The van der Waals surface area contributed by atoms with E-state index in [1.807, 2.05) is 60.7 Å². The van der Waals surface area contributed by atoms with Crippen molar-refractivity contribution in [2.45, 2.75) is 6.61 Å². The average Bonchev–Trinajstić information content (AvgIpc) is 3.02. The molecule has 2 N–H and O–H groups in total. The fourth-order valence-corrected chi connectivity index (χ4v) is 4.33. The van der Waals surface area contributed by atoms with Crippen LogP contribution in [-0.2, 0) is 11.5 Å². The van der Waals surface area contributed by atoms with E-state index in [1.165, 1.54) is 42.5 Å². The first-order valence-corrected chi connectivity index (χ1v) is 12.8. The van der Waals surface area contributed by atoms with Crippen LogP contribution in [0, 0.1) is 0 Å². The Balaban J connectivity index is 1.25. The van der Waals surface area contributed by atoms with Crippen LogP contribution in [-0.4, -0.2) is 28.1 Å². The Kier molecular flexibility index (Phi) is 8.37. The number of hydrogen-bond acceptors (Lipinski definition) is 6. The van der Waals surface area contributed by atoms with Gasteiger partial charge in [-0.3, -0.25) is 0 Å². The Hall–Kier alpha value is -5.73. The van der Waals surface area contributed by atoms with Crippen molar-refractivity contribution in [2.24, 2.45) is 0 Å². The summed E-state index contributed by atoms with van der Waals surface area (Å²) in [6.07, 6.45) is 0. The van der Waals surface area contributed by atoms with Crippen LogP contribution in [0.2, 0.25) is 0 Å². The van der Waals surface area contributed by atoms with E-state index in [2.05, 4.69) is 0 Å². The van der Waals surface area contributed by atoms with Gasteiger partial charge in [0, 0.05) is 0 Å². The Morgan fingerprint density at radius 2 is 1.05 bits per heavy atom. The first-order valence-electron chi connectivity index (χ1n) is 12.8. The summed E-state index contributed by atoms with van der Waals surface area (Å²) in [5.74, 6) is -2.71. The molecule has 5 aromatic rings. The quantitative estimate of drug-likeness (QED) is 0.0800. The molecule has 0 spiro atoms. The predicted octanol–water partition coefficient (Wildman–Crippen LogP) is 7.15. The molecule has 0 atom stereocenters. The van der Waals surface area contributed by atoms with Crippen molar-refractivity contribution in [3.8, 4) is 33.8 Å². The van der Waals surface area contributed by atoms with Gasteiger partial charge in [0.25, 0.3) is 0 Å². The number of hydrogen-bond donors (Lipinski definition) is 2. The Morgan fingerprint density at radius 3 is 1.62 bits per heavy atom. The highest BCUT2D eigenvalue weighted by Crippen LogP contribution is 2.26. The molecule has 42 heavy (non-hydrogen) atoms. The lowest BCUT2D eigenvalue weighted by molar-refractivity contribution is -0.217. The van der Waals surface area contributed by atoms with E-state index in [-0.39, 0.29) is 34.8 Å². The highest BCUT2D eigenvalue weighted by molar-refractivity contribution is 6.04. The molecule has 0 saturated heterocycles. The maximum Gasteiger partial charge on any atom is 0.344 e. The van der Waals surface area contributed by atoms with E-state index in [1.54, 1.807) is 18.2 Å². The standard InChI is InChI=1S/C34H24O8/c35-32(36)29-17-11-24(22-7-3-1-4-8-22)19-26(29)21-40-42-28-15-13-27(14-16-28)41-34(39)31-20-25(12-18-30(31)33(37)38)23-9-5-2-6-10-23/h1-20H,21H2,(H,35,36)(H,37,38). The molecule has 0 fully saturated rings. The van der Waals surface area contributed by atoms with E-state index in [0.29, 0.717) is 11.1 Å². The molecule has 0 bridgehead atoms. The second-order valence-corrected chi connectivity index (χ2v) is 9.18. The summed E-state index contributed by atoms with van der Waals surface area (Å²) in [6.45, 7) is -0.130. The first-order chi connectivity index (χ1) is 20.4. The normalized spacial score (nSPS) is 10.6. The number of carboxylic acid groups (broad SMARTS) is 2. The molecule has 0 aliphatic rings. The number of rotatable bonds is 10. The van der Waals surface area contributed by atoms with Gasteiger partial charge in [-0.2, -0.15) is 4.89 Å². The van der Waals surface area contributed by atoms with Crippen molar-refractivity contribution < 1.29 is 39.1 Å². The molecule has 0 unspecified atom stereocenters. The third kappa shape index (κ3) is 6.52. The molecule has 208 valence electrons. The molecule has 0 heterocycles. The lowest BCUT2D eigenvalue weighted by atomic mass is 9.99. The van der Waals surface area contributed by atoms with Gasteiger partial charge in [0.2, 0.25) is 0 Å². The second kappa shape index (κ2) is 12.6. The summed E-state index contributed by atoms with van der Waals surface area (Å²) in [7, 11) is 0. The molecule has 0 aliphatic carbocycles. The largest absolute Gasteiger partial charge is 0.478 e. The molecule has 8 heteroatoms. The Labute approximate surface area is 240 Å². The summed E-state index contributed by atoms with van der Waals surface area (Å²) in [5, 5.41) is 19.2. The van der Waals surface area contributed by atoms with Gasteiger partial charge in [-0.1, -0.05) is 72.8 Å². The Morgan fingerprint density at radius 1 is 0.524 bits per heavy atom. The minimum absolute atomic E-state index is 0.0838. The van der Waals surface area contributed by atoms with Crippen molar-refractivity contribution in [3.63, 3.8) is 0 Å². The minimum Gasteiger partial charge on any atom is -0.478 e. The molecular formula is C34H24O8. The van der Waals surface area contributed by atoms with E-state index >= 15 is 0 Å². The van der Waals surface area contributed by atoms with Gasteiger partial charge in [-0.15, -0.1) is 0 Å². The topological polar surface area (TPSA) is 119 Å². The minimum atomic E-state index is -1.25. The monoisotopic (exact) mass is 560 g/mol. The van der Waals surface area contributed by atoms with Gasteiger partial charge >= 0.3 is 17.9 Å². The molecule has 0 amide bonds. The van der Waals surface area contributed by atoms with Gasteiger partial charge in [-0.25, -0.2) is 14.4 Å². The Bertz CT molecular complexity index is 1730. The van der Waals surface area contributed by atoms with Gasteiger partial charge in [0.1, 0.15) is 12.4 Å². The third-order valence-electron chi connectivity index (χ3n) is 6.42. The fraction of sp³-hybridized carbons (Fsp3) is 0.0294. The maximum atomic E-state index is 13.0. The zero-order valence-electron chi connectivity index (χ0n) is 22.1. The van der Waals surface area contributed by atoms with Gasteiger partial charge in [0.15, 0.2) is 5.75 Å². The van der Waals surface area contributed by atoms with Crippen molar-refractivity contribution in [3.05, 3.63) is 144 Å². The predicted molar refractivity (Wildman–Crippen MR) is 154 cm³/mol. The summed E-state index contributed by atoms with van der Waals surface area (Å²) in [4.78, 5) is 47.1. The van der Waals surface area contributed by atoms with E-state index in [0.717, 1.165) is 16.7 Å². The fourth-order valence-electron chi connectivity index (χ4n) is 4.33. The number of benzene rings is 5. The van der Waals surface area contributed by atoms with Crippen LogP contribution in [0.15, 0.2) is 121 Å². The number of carboxylic acids is 2. The van der Waals surface area contributed by atoms with Crippen molar-refractivity contribution in [1.82, 2.24) is 0 Å². The van der Waals surface area contributed by atoms with Crippen LogP contribution in [0.4, 0.5) is 0 Å². The van der Waals surface area contributed by atoms with E-state index < -0.39 is 17.9 Å². The van der Waals surface area contributed by atoms with Crippen LogP contribution in [0.25, 0.3) is 22.3 Å². The van der Waals surface area contributed by atoms with Crippen LogP contribution < -0.4 is 9.62 Å². The summed E-state index contributed by atoms with van der Waals surface area (Å²) in [5.41, 5.74) is 3.54.